The van der Waals surface area contributed by atoms with Crippen molar-refractivity contribution in [2.24, 2.45) is 0 Å². The van der Waals surface area contributed by atoms with Gasteiger partial charge < -0.3 is 5.32 Å². The molecule has 0 radical (unpaired) electrons. The van der Waals surface area contributed by atoms with Crippen LogP contribution in [0.1, 0.15) is 48.4 Å². The van der Waals surface area contributed by atoms with Crippen LogP contribution in [-0.2, 0) is 21.5 Å². The maximum atomic E-state index is 14.4. The lowest BCUT2D eigenvalue weighted by Gasteiger charge is -2.24. The van der Waals surface area contributed by atoms with Gasteiger partial charge in [0, 0.05) is 29.9 Å². The molecule has 1 aliphatic heterocycles. The normalized spacial score (nSPS) is 15.5. The third-order valence-corrected chi connectivity index (χ3v) is 7.79. The van der Waals surface area contributed by atoms with Crippen LogP contribution in [0.3, 0.4) is 0 Å². The van der Waals surface area contributed by atoms with Crippen molar-refractivity contribution < 1.29 is 18.4 Å². The maximum absolute atomic E-state index is 14.4. The Balaban J connectivity index is 1.65. The summed E-state index contributed by atoms with van der Waals surface area (Å²) in [4.78, 5) is 32.4. The van der Waals surface area contributed by atoms with Gasteiger partial charge in [-0.3, -0.25) is 19.5 Å². The zero-order valence-electron chi connectivity index (χ0n) is 22.4. The Morgan fingerprint density at radius 2 is 1.85 bits per heavy atom. The van der Waals surface area contributed by atoms with Gasteiger partial charge in [-0.1, -0.05) is 39.0 Å². The van der Waals surface area contributed by atoms with Crippen LogP contribution in [0.5, 0.6) is 0 Å². The second-order valence-electron chi connectivity index (χ2n) is 10.6. The molecule has 40 heavy (non-hydrogen) atoms. The number of carbonyl (C=O) groups is 2. The molecule has 206 valence electrons. The number of rotatable bonds is 6. The SMILES string of the molecule is CC(C)(C)c1nn(-c2ccc(F)cc2)c2c1[C@H](c1cccc(F)c1)SCC(=O)N2CC(=O)NCc1cccnc1. The van der Waals surface area contributed by atoms with Gasteiger partial charge in [-0.05, 0) is 53.6 Å². The van der Waals surface area contributed by atoms with E-state index in [1.165, 1.54) is 40.9 Å². The maximum Gasteiger partial charge on any atom is 0.240 e. The molecule has 5 rings (SSSR count). The predicted molar refractivity (Wildman–Crippen MR) is 151 cm³/mol. The van der Waals surface area contributed by atoms with Gasteiger partial charge in [0.25, 0.3) is 0 Å². The first-order valence-electron chi connectivity index (χ1n) is 12.8. The lowest BCUT2D eigenvalue weighted by Crippen LogP contribution is -2.42. The van der Waals surface area contributed by atoms with Gasteiger partial charge in [0.1, 0.15) is 24.0 Å². The van der Waals surface area contributed by atoms with Gasteiger partial charge in [-0.2, -0.15) is 5.10 Å². The van der Waals surface area contributed by atoms with Crippen molar-refractivity contribution in [3.63, 3.8) is 0 Å². The van der Waals surface area contributed by atoms with Gasteiger partial charge >= 0.3 is 0 Å². The second-order valence-corrected chi connectivity index (χ2v) is 11.7. The fourth-order valence-electron chi connectivity index (χ4n) is 4.67. The quantitative estimate of drug-likeness (QED) is 0.344. The van der Waals surface area contributed by atoms with E-state index in [0.717, 1.165) is 11.1 Å². The Bertz CT molecular complexity index is 1530. The topological polar surface area (TPSA) is 80.1 Å². The summed E-state index contributed by atoms with van der Waals surface area (Å²) in [7, 11) is 0. The van der Waals surface area contributed by atoms with E-state index in [9.17, 15) is 18.4 Å². The molecule has 0 saturated heterocycles. The van der Waals surface area contributed by atoms with Crippen LogP contribution in [0.2, 0.25) is 0 Å². The van der Waals surface area contributed by atoms with E-state index in [0.29, 0.717) is 22.8 Å². The Morgan fingerprint density at radius 3 is 2.52 bits per heavy atom. The minimum Gasteiger partial charge on any atom is -0.350 e. The second kappa shape index (κ2) is 11.2. The van der Waals surface area contributed by atoms with E-state index in [2.05, 4.69) is 10.3 Å². The van der Waals surface area contributed by atoms with Gasteiger partial charge in [0.2, 0.25) is 11.8 Å². The number of nitrogens with zero attached hydrogens (tertiary/aromatic N) is 4. The fraction of sp³-hybridized carbons (Fsp3) is 0.267. The Labute approximate surface area is 235 Å². The van der Waals surface area contributed by atoms with Gasteiger partial charge in [-0.25, -0.2) is 13.5 Å². The van der Waals surface area contributed by atoms with Crippen LogP contribution in [0, 0.1) is 11.6 Å². The molecule has 2 amide bonds. The van der Waals surface area contributed by atoms with Crippen LogP contribution >= 0.6 is 11.8 Å². The van der Waals surface area contributed by atoms with E-state index in [-0.39, 0.29) is 36.5 Å². The number of pyridine rings is 1. The summed E-state index contributed by atoms with van der Waals surface area (Å²) in [5.41, 5.74) is 3.00. The molecule has 1 atom stereocenters. The molecule has 2 aromatic heterocycles. The van der Waals surface area contributed by atoms with Crippen LogP contribution in [0.4, 0.5) is 14.6 Å². The predicted octanol–water partition coefficient (Wildman–Crippen LogP) is 5.33. The molecule has 7 nitrogen and oxygen atoms in total. The first-order chi connectivity index (χ1) is 19.1. The highest BCUT2D eigenvalue weighted by molar-refractivity contribution is 8.00. The molecule has 0 aliphatic carbocycles. The summed E-state index contributed by atoms with van der Waals surface area (Å²) in [6.07, 6.45) is 3.31. The molecule has 0 bridgehead atoms. The Kier molecular flexibility index (Phi) is 7.71. The number of amides is 2. The van der Waals surface area contributed by atoms with Crippen molar-refractivity contribution in [3.05, 3.63) is 107 Å². The van der Waals surface area contributed by atoms with Crippen LogP contribution in [0.15, 0.2) is 73.1 Å². The molecule has 0 unspecified atom stereocenters. The molecule has 4 aromatic rings. The monoisotopic (exact) mass is 561 g/mol. The van der Waals surface area contributed by atoms with E-state index >= 15 is 0 Å². The van der Waals surface area contributed by atoms with Crippen molar-refractivity contribution >= 4 is 29.4 Å². The summed E-state index contributed by atoms with van der Waals surface area (Å²) < 4.78 is 29.9. The number of hydrogen-bond donors (Lipinski definition) is 1. The van der Waals surface area contributed by atoms with Crippen molar-refractivity contribution in [3.8, 4) is 5.69 Å². The molecule has 10 heteroatoms. The molecule has 1 aliphatic rings. The molecule has 0 spiro atoms. The molecule has 0 fully saturated rings. The highest BCUT2D eigenvalue weighted by Gasteiger charge is 2.40. The van der Waals surface area contributed by atoms with Crippen molar-refractivity contribution in [2.75, 3.05) is 17.2 Å². The van der Waals surface area contributed by atoms with E-state index < -0.39 is 16.5 Å². The standard InChI is InChI=1S/C30H29F2N5O2S/c1-30(2,3)28-26-27(20-7-4-8-22(32)14-20)40-18-25(39)36(17-24(38)34-16-19-6-5-13-33-15-19)29(26)37(35-28)23-11-9-21(31)10-12-23/h4-15,27H,16-18H2,1-3H3,(H,34,38)/t27-/m0/s1. The average molecular weight is 562 g/mol. The summed E-state index contributed by atoms with van der Waals surface area (Å²) in [5, 5.41) is 7.38. The molecular weight excluding hydrogens is 532 g/mol. The number of fused-ring (bicyclic) bond motifs is 1. The summed E-state index contributed by atoms with van der Waals surface area (Å²) in [5.74, 6) is -0.957. The number of anilines is 1. The first kappa shape index (κ1) is 27.5. The van der Waals surface area contributed by atoms with E-state index in [1.54, 1.807) is 41.3 Å². The van der Waals surface area contributed by atoms with Gasteiger partial charge in [0.15, 0.2) is 0 Å². The number of nitrogens with one attached hydrogen (secondary N) is 1. The summed E-state index contributed by atoms with van der Waals surface area (Å²) in [6, 6.07) is 15.7. The largest absolute Gasteiger partial charge is 0.350 e. The number of halogens is 2. The third kappa shape index (κ3) is 5.77. The molecular formula is C30H29F2N5O2S. The van der Waals surface area contributed by atoms with E-state index in [4.69, 9.17) is 5.10 Å². The lowest BCUT2D eigenvalue weighted by molar-refractivity contribution is -0.123. The van der Waals surface area contributed by atoms with E-state index in [1.807, 2.05) is 32.9 Å². The number of hydrogen-bond acceptors (Lipinski definition) is 5. The Morgan fingerprint density at radius 1 is 1.07 bits per heavy atom. The van der Waals surface area contributed by atoms with Crippen LogP contribution < -0.4 is 10.2 Å². The first-order valence-corrected chi connectivity index (χ1v) is 13.9. The van der Waals surface area contributed by atoms with Crippen molar-refractivity contribution in [1.82, 2.24) is 20.1 Å². The number of benzene rings is 2. The molecule has 3 heterocycles. The fourth-order valence-corrected chi connectivity index (χ4v) is 5.86. The average Bonchev–Trinajstić information content (AvgIpc) is 3.26. The minimum absolute atomic E-state index is 0.0682. The number of carbonyl (C=O) groups excluding carboxylic acids is 2. The Hall–Kier alpha value is -4.05. The minimum atomic E-state index is -0.469. The zero-order chi connectivity index (χ0) is 28.4. The van der Waals surface area contributed by atoms with Gasteiger partial charge in [-0.15, -0.1) is 11.8 Å². The summed E-state index contributed by atoms with van der Waals surface area (Å²) in [6.45, 7) is 6.03. The smallest absolute Gasteiger partial charge is 0.240 e. The molecule has 2 aromatic carbocycles. The van der Waals surface area contributed by atoms with Crippen LogP contribution in [0.25, 0.3) is 5.69 Å². The van der Waals surface area contributed by atoms with Crippen LogP contribution in [-0.4, -0.2) is 38.9 Å². The number of aromatic nitrogens is 3. The highest BCUT2D eigenvalue weighted by atomic mass is 32.2. The van der Waals surface area contributed by atoms with Crippen molar-refractivity contribution in [1.29, 1.82) is 0 Å². The zero-order valence-corrected chi connectivity index (χ0v) is 23.2. The number of thioether (sulfide) groups is 1. The van der Waals surface area contributed by atoms with Crippen molar-refractivity contribution in [2.45, 2.75) is 38.0 Å². The third-order valence-electron chi connectivity index (χ3n) is 6.54. The molecule has 1 N–H and O–H groups in total. The van der Waals surface area contributed by atoms with Gasteiger partial charge in [0.05, 0.1) is 22.4 Å². The highest BCUT2D eigenvalue weighted by Crippen LogP contribution is 2.48. The lowest BCUT2D eigenvalue weighted by atomic mass is 9.87. The summed E-state index contributed by atoms with van der Waals surface area (Å²) >= 11 is 1.37. The molecule has 0 saturated carbocycles.